The lowest BCUT2D eigenvalue weighted by Crippen LogP contribution is -2.07. The van der Waals surface area contributed by atoms with Crippen LogP contribution in [0.3, 0.4) is 0 Å². The molecule has 1 N–H and O–H groups in total. The van der Waals surface area contributed by atoms with Crippen molar-refractivity contribution in [2.45, 2.75) is 55.3 Å². The van der Waals surface area contributed by atoms with Gasteiger partial charge in [0.05, 0.1) is 26.0 Å². The van der Waals surface area contributed by atoms with Crippen molar-refractivity contribution in [2.24, 2.45) is 0 Å². The fraction of sp³-hybridized carbons (Fsp3) is 0.333. The van der Waals surface area contributed by atoms with Gasteiger partial charge >= 0.3 is 0 Å². The third kappa shape index (κ3) is 8.25. The van der Waals surface area contributed by atoms with Crippen LogP contribution in [0.15, 0.2) is 84.6 Å². The highest BCUT2D eigenvalue weighted by Gasteiger charge is 2.12. The Hall–Kier alpha value is -3.09. The molecule has 0 amide bonds. The molecule has 0 aliphatic heterocycles. The van der Waals surface area contributed by atoms with E-state index in [1.807, 2.05) is 24.4 Å². The second kappa shape index (κ2) is 15.1. The lowest BCUT2D eigenvalue weighted by Gasteiger charge is -2.14. The first-order chi connectivity index (χ1) is 17.7. The van der Waals surface area contributed by atoms with Crippen LogP contribution in [0.1, 0.15) is 41.8 Å². The van der Waals surface area contributed by atoms with E-state index in [4.69, 9.17) is 9.47 Å². The summed E-state index contributed by atoms with van der Waals surface area (Å²) in [6.45, 7) is 3.66. The lowest BCUT2D eigenvalue weighted by molar-refractivity contribution is 0.213. The highest BCUT2D eigenvalue weighted by Crippen LogP contribution is 2.28. The van der Waals surface area contributed by atoms with Crippen LogP contribution < -0.4 is 9.47 Å². The van der Waals surface area contributed by atoms with Gasteiger partial charge in [0.15, 0.2) is 0 Å². The Kier molecular flexibility index (Phi) is 11.5. The van der Waals surface area contributed by atoms with Gasteiger partial charge in [0, 0.05) is 39.9 Å². The normalized spacial score (nSPS) is 12.0. The molecule has 3 rings (SSSR count). The van der Waals surface area contributed by atoms with Gasteiger partial charge in [-0.05, 0) is 62.8 Å². The summed E-state index contributed by atoms with van der Waals surface area (Å²) in [6.07, 6.45) is 13.9. The third-order valence-corrected chi connectivity index (χ3v) is 7.02. The Balaban J connectivity index is 1.57. The minimum Gasteiger partial charge on any atom is -0.496 e. The highest BCUT2D eigenvalue weighted by atomic mass is 32.2. The largest absolute Gasteiger partial charge is 0.496 e. The molecule has 2 aromatic heterocycles. The predicted molar refractivity (Wildman–Crippen MR) is 148 cm³/mol. The molecular weight excluding hydrogens is 468 g/mol. The van der Waals surface area contributed by atoms with E-state index in [0.717, 1.165) is 59.9 Å². The van der Waals surface area contributed by atoms with E-state index in [2.05, 4.69) is 53.0 Å². The fourth-order valence-electron chi connectivity index (χ4n) is 4.05. The molecule has 2 heterocycles. The molecule has 0 saturated carbocycles. The molecule has 5 nitrogen and oxygen atoms in total. The van der Waals surface area contributed by atoms with Crippen LogP contribution in [-0.4, -0.2) is 35.4 Å². The number of aliphatic hydroxyl groups is 1. The van der Waals surface area contributed by atoms with Crippen LogP contribution in [-0.2, 0) is 25.0 Å². The summed E-state index contributed by atoms with van der Waals surface area (Å²) in [6, 6.07) is 14.2. The summed E-state index contributed by atoms with van der Waals surface area (Å²) in [5, 5.41) is 9.88. The summed E-state index contributed by atoms with van der Waals surface area (Å²) in [5.41, 5.74) is 4.33. The van der Waals surface area contributed by atoms with Gasteiger partial charge < -0.3 is 14.6 Å². The van der Waals surface area contributed by atoms with Crippen molar-refractivity contribution >= 4 is 11.8 Å². The van der Waals surface area contributed by atoms with Crippen LogP contribution >= 0.6 is 11.8 Å². The van der Waals surface area contributed by atoms with E-state index in [-0.39, 0.29) is 0 Å². The minimum absolute atomic E-state index is 0.525. The van der Waals surface area contributed by atoms with E-state index in [0.29, 0.717) is 12.8 Å². The molecule has 0 aliphatic rings. The number of hydrogen-bond acceptors (Lipinski definition) is 6. The Morgan fingerprint density at radius 2 is 1.47 bits per heavy atom. The van der Waals surface area contributed by atoms with Gasteiger partial charge in [0.25, 0.3) is 0 Å². The van der Waals surface area contributed by atoms with Crippen LogP contribution in [0.5, 0.6) is 11.5 Å². The number of ether oxygens (including phenoxy) is 2. The number of hydrogen-bond donors (Lipinski definition) is 1. The number of methoxy groups -OCH3 is 2. The molecule has 0 spiro atoms. The van der Waals surface area contributed by atoms with Gasteiger partial charge in [-0.2, -0.15) is 0 Å². The molecule has 0 bridgehead atoms. The third-order valence-electron chi connectivity index (χ3n) is 6.00. The maximum Gasteiger partial charge on any atom is 0.125 e. The van der Waals surface area contributed by atoms with E-state index in [1.54, 1.807) is 38.3 Å². The predicted octanol–water partition coefficient (Wildman–Crippen LogP) is 6.39. The molecule has 0 fully saturated rings. The van der Waals surface area contributed by atoms with Gasteiger partial charge in [0.1, 0.15) is 11.5 Å². The van der Waals surface area contributed by atoms with E-state index in [1.165, 1.54) is 10.5 Å². The van der Waals surface area contributed by atoms with E-state index in [9.17, 15) is 5.11 Å². The van der Waals surface area contributed by atoms with Crippen molar-refractivity contribution in [1.82, 2.24) is 9.97 Å². The standard InChI is InChI=1S/C30H36N2O3S/c1-4-23(33)16-17-26-27(31-20-18-30(26)35-3)15-11-6-5-10-14-25-28(32-21-19-29(25)34-2)22-36-24-12-8-7-9-13-24/h4-9,12-13,18-21,23,33H,1,10-11,14-17,22H2,2-3H3/b6-5+. The minimum atomic E-state index is -0.525. The van der Waals surface area contributed by atoms with Crippen molar-refractivity contribution in [3.8, 4) is 11.5 Å². The zero-order valence-electron chi connectivity index (χ0n) is 21.2. The SMILES string of the molecule is C=CC(O)CCc1c(OC)ccnc1CC/C=C/CCc1c(OC)ccnc1CSc1ccccc1. The molecule has 0 aliphatic carbocycles. The highest BCUT2D eigenvalue weighted by molar-refractivity contribution is 7.98. The molecule has 3 aromatic rings. The second-order valence-electron chi connectivity index (χ2n) is 8.37. The zero-order chi connectivity index (χ0) is 25.6. The number of nitrogens with zero attached hydrogens (tertiary/aromatic N) is 2. The smallest absolute Gasteiger partial charge is 0.125 e. The van der Waals surface area contributed by atoms with Crippen molar-refractivity contribution in [1.29, 1.82) is 0 Å². The number of aliphatic hydroxyl groups excluding tert-OH is 1. The second-order valence-corrected chi connectivity index (χ2v) is 9.42. The maximum atomic E-state index is 9.88. The molecule has 1 unspecified atom stereocenters. The van der Waals surface area contributed by atoms with Gasteiger partial charge in [-0.15, -0.1) is 18.3 Å². The number of aromatic nitrogens is 2. The molecule has 1 atom stereocenters. The van der Waals surface area contributed by atoms with E-state index < -0.39 is 6.10 Å². The summed E-state index contributed by atoms with van der Waals surface area (Å²) >= 11 is 1.79. The number of allylic oxidation sites excluding steroid dienone is 2. The van der Waals surface area contributed by atoms with Crippen LogP contribution in [0.4, 0.5) is 0 Å². The number of rotatable bonds is 15. The Morgan fingerprint density at radius 3 is 2.11 bits per heavy atom. The van der Waals surface area contributed by atoms with Crippen LogP contribution in [0.2, 0.25) is 0 Å². The quantitative estimate of drug-likeness (QED) is 0.191. The van der Waals surface area contributed by atoms with Gasteiger partial charge in [0.2, 0.25) is 0 Å². The first kappa shape index (κ1) is 27.5. The summed E-state index contributed by atoms with van der Waals surface area (Å²) in [7, 11) is 3.39. The number of benzene rings is 1. The van der Waals surface area contributed by atoms with Crippen molar-refractivity contribution in [3.63, 3.8) is 0 Å². The maximum absolute atomic E-state index is 9.88. The van der Waals surface area contributed by atoms with Gasteiger partial charge in [-0.1, -0.05) is 36.4 Å². The molecule has 0 saturated heterocycles. The summed E-state index contributed by atoms with van der Waals surface area (Å²) in [4.78, 5) is 10.5. The Labute approximate surface area is 219 Å². The zero-order valence-corrected chi connectivity index (χ0v) is 22.0. The molecular formula is C30H36N2O3S. The molecule has 36 heavy (non-hydrogen) atoms. The van der Waals surface area contributed by atoms with Crippen molar-refractivity contribution in [3.05, 3.63) is 102 Å². The van der Waals surface area contributed by atoms with Crippen LogP contribution in [0, 0.1) is 0 Å². The molecule has 190 valence electrons. The Morgan fingerprint density at radius 1 is 0.861 bits per heavy atom. The van der Waals surface area contributed by atoms with Gasteiger partial charge in [-0.25, -0.2) is 0 Å². The summed E-state index contributed by atoms with van der Waals surface area (Å²) < 4.78 is 11.2. The monoisotopic (exact) mass is 504 g/mol. The first-order valence-electron chi connectivity index (χ1n) is 12.3. The van der Waals surface area contributed by atoms with Crippen molar-refractivity contribution < 1.29 is 14.6 Å². The molecule has 6 heteroatoms. The van der Waals surface area contributed by atoms with Gasteiger partial charge in [-0.3, -0.25) is 9.97 Å². The number of thioether (sulfide) groups is 1. The fourth-order valence-corrected chi connectivity index (χ4v) is 4.95. The summed E-state index contributed by atoms with van der Waals surface area (Å²) in [5.74, 6) is 2.53. The number of aryl methyl sites for hydroxylation is 1. The first-order valence-corrected chi connectivity index (χ1v) is 13.3. The Bertz CT molecular complexity index is 1120. The average molecular weight is 505 g/mol. The molecule has 1 aromatic carbocycles. The number of pyridine rings is 2. The van der Waals surface area contributed by atoms with E-state index >= 15 is 0 Å². The van der Waals surface area contributed by atoms with Crippen molar-refractivity contribution in [2.75, 3.05) is 14.2 Å². The lowest BCUT2D eigenvalue weighted by atomic mass is 10.0. The molecule has 0 radical (unpaired) electrons. The average Bonchev–Trinajstić information content (AvgIpc) is 2.93. The van der Waals surface area contributed by atoms with Crippen LogP contribution in [0.25, 0.3) is 0 Å². The topological polar surface area (TPSA) is 64.5 Å².